The number of carboxylic acid groups (broad SMARTS) is 1. The molecular weight excluding hydrogens is 400 g/mol. The van der Waals surface area contributed by atoms with Crippen molar-refractivity contribution in [2.24, 2.45) is 0 Å². The number of hydrogen-bond acceptors (Lipinski definition) is 4. The van der Waals surface area contributed by atoms with Crippen LogP contribution in [0.4, 0.5) is 0 Å². The highest BCUT2D eigenvalue weighted by atomic mass is 32.2. The molecule has 3 aliphatic rings. The molecule has 2 N–H and O–H groups in total. The summed E-state index contributed by atoms with van der Waals surface area (Å²) in [5, 5.41) is 13.6. The summed E-state index contributed by atoms with van der Waals surface area (Å²) in [6.07, 6.45) is 15.0. The lowest BCUT2D eigenvalue weighted by Crippen LogP contribution is -2.95. The fraction of sp³-hybridized carbons (Fsp3) is 0.652. The predicted octanol–water partition coefficient (Wildman–Crippen LogP) is 1.18. The van der Waals surface area contributed by atoms with Crippen LogP contribution < -0.4 is 10.4 Å². The Labute approximate surface area is 181 Å². The summed E-state index contributed by atoms with van der Waals surface area (Å²) >= 11 is 0. The van der Waals surface area contributed by atoms with Gasteiger partial charge in [0, 0.05) is 16.4 Å². The fourth-order valence-electron chi connectivity index (χ4n) is 4.74. The zero-order valence-electron chi connectivity index (χ0n) is 17.7. The number of quaternary nitrogens is 1. The number of amides is 1. The summed E-state index contributed by atoms with van der Waals surface area (Å²) < 4.78 is 11.3. The Kier molecular flexibility index (Phi) is 8.88. The average Bonchev–Trinajstić information content (AvgIpc) is 3.18. The minimum atomic E-state index is -1.36. The second-order valence-corrected chi connectivity index (χ2v) is 10.2. The molecule has 2 aliphatic carbocycles. The topological polar surface area (TPSA) is 94.1 Å². The van der Waals surface area contributed by atoms with Crippen LogP contribution in [0.5, 0.6) is 0 Å². The molecule has 1 amide bonds. The van der Waals surface area contributed by atoms with Crippen molar-refractivity contribution in [2.45, 2.75) is 82.3 Å². The van der Waals surface area contributed by atoms with Crippen molar-refractivity contribution >= 4 is 22.7 Å². The van der Waals surface area contributed by atoms with Gasteiger partial charge >= 0.3 is 0 Å². The first-order valence-electron chi connectivity index (χ1n) is 11.3. The molecule has 2 saturated carbocycles. The Hall–Kier alpha value is -1.73. The van der Waals surface area contributed by atoms with Crippen LogP contribution in [0.2, 0.25) is 0 Å². The van der Waals surface area contributed by atoms with Crippen molar-refractivity contribution < 1.29 is 24.2 Å². The molecule has 0 radical (unpaired) electrons. The Balaban J connectivity index is 0.000000177. The number of carbonyl (C=O) groups excluding carboxylic acids is 2. The summed E-state index contributed by atoms with van der Waals surface area (Å²) in [5.41, 5.74) is 0.387. The largest absolute Gasteiger partial charge is 0.548 e. The van der Waals surface area contributed by atoms with Gasteiger partial charge in [-0.05, 0) is 63.5 Å². The van der Waals surface area contributed by atoms with Crippen LogP contribution in [0.15, 0.2) is 30.3 Å². The van der Waals surface area contributed by atoms with Gasteiger partial charge in [-0.15, -0.1) is 0 Å². The Morgan fingerprint density at radius 3 is 1.93 bits per heavy atom. The molecule has 1 saturated heterocycles. The summed E-state index contributed by atoms with van der Waals surface area (Å²) in [6, 6.07) is 9.22. The van der Waals surface area contributed by atoms with E-state index in [1.54, 1.807) is 30.3 Å². The van der Waals surface area contributed by atoms with Crippen LogP contribution >= 0.6 is 0 Å². The molecule has 1 aromatic rings. The minimum Gasteiger partial charge on any atom is -0.548 e. The molecule has 1 aromatic carbocycles. The number of hydrogen-bond donors (Lipinski definition) is 1. The van der Waals surface area contributed by atoms with E-state index in [0.29, 0.717) is 5.56 Å². The summed E-state index contributed by atoms with van der Waals surface area (Å²) in [6.45, 7) is 0. The summed E-state index contributed by atoms with van der Waals surface area (Å²) in [4.78, 5) is 24.0. The third-order valence-electron chi connectivity index (χ3n) is 6.40. The Morgan fingerprint density at radius 2 is 1.43 bits per heavy atom. The van der Waals surface area contributed by atoms with Crippen LogP contribution in [0.1, 0.15) is 74.6 Å². The van der Waals surface area contributed by atoms with Crippen LogP contribution in [-0.4, -0.2) is 50.7 Å². The lowest BCUT2D eigenvalue weighted by atomic mass is 9.91. The molecule has 2 atom stereocenters. The SMILES string of the molecule is C1CCC([NH2+]C2CCCCC2)CC1.O=C([O-])[C@@H]1C[S@](=O)CN1C(=O)c1ccccc1. The van der Waals surface area contributed by atoms with Gasteiger partial charge in [0.1, 0.15) is 0 Å². The van der Waals surface area contributed by atoms with Crippen molar-refractivity contribution in [3.05, 3.63) is 35.9 Å². The molecule has 0 bridgehead atoms. The lowest BCUT2D eigenvalue weighted by Gasteiger charge is -2.27. The van der Waals surface area contributed by atoms with E-state index in [1.807, 2.05) is 0 Å². The van der Waals surface area contributed by atoms with E-state index < -0.39 is 28.7 Å². The van der Waals surface area contributed by atoms with E-state index in [9.17, 15) is 18.9 Å². The van der Waals surface area contributed by atoms with E-state index in [-0.39, 0.29) is 11.6 Å². The van der Waals surface area contributed by atoms with E-state index in [0.717, 1.165) is 17.0 Å². The highest BCUT2D eigenvalue weighted by molar-refractivity contribution is 7.85. The van der Waals surface area contributed by atoms with Crippen molar-refractivity contribution in [1.82, 2.24) is 4.90 Å². The third kappa shape index (κ3) is 6.64. The van der Waals surface area contributed by atoms with Crippen LogP contribution in [0.25, 0.3) is 0 Å². The molecule has 6 nitrogen and oxygen atoms in total. The van der Waals surface area contributed by atoms with Crippen molar-refractivity contribution in [3.8, 4) is 0 Å². The molecule has 0 spiro atoms. The maximum Gasteiger partial charge on any atom is 0.255 e. The second kappa shape index (κ2) is 11.6. The maximum atomic E-state index is 12.0. The van der Waals surface area contributed by atoms with Gasteiger partial charge < -0.3 is 20.1 Å². The first-order valence-corrected chi connectivity index (χ1v) is 12.8. The van der Waals surface area contributed by atoms with Gasteiger partial charge in [0.05, 0.1) is 35.7 Å². The number of nitrogens with two attached hydrogens (primary N) is 1. The van der Waals surface area contributed by atoms with Crippen molar-refractivity contribution in [2.75, 3.05) is 11.6 Å². The summed E-state index contributed by atoms with van der Waals surface area (Å²) in [7, 11) is -1.31. The summed E-state index contributed by atoms with van der Waals surface area (Å²) in [5.74, 6) is -1.89. The van der Waals surface area contributed by atoms with Gasteiger partial charge in [-0.3, -0.25) is 9.00 Å². The molecule has 166 valence electrons. The Bertz CT molecular complexity index is 699. The molecule has 4 rings (SSSR count). The molecule has 1 heterocycles. The normalized spacial score (nSPS) is 25.4. The lowest BCUT2D eigenvalue weighted by molar-refractivity contribution is -0.725. The van der Waals surface area contributed by atoms with Crippen LogP contribution in [0, 0.1) is 0 Å². The second-order valence-electron chi connectivity index (χ2n) is 8.70. The maximum absolute atomic E-state index is 12.0. The molecule has 1 aliphatic heterocycles. The molecule has 3 fully saturated rings. The van der Waals surface area contributed by atoms with Gasteiger partial charge in [-0.2, -0.15) is 0 Å². The number of carbonyl (C=O) groups is 2. The third-order valence-corrected chi connectivity index (χ3v) is 7.65. The number of rotatable bonds is 4. The number of benzene rings is 1. The number of nitrogens with zero attached hydrogens (tertiary/aromatic N) is 1. The standard InChI is InChI=1S/C12H23N.C11H11NO4S/c1-3-7-11(8-4-1)13-12-9-5-2-6-10-12;13-10(8-4-2-1-3-5-8)12-7-17(16)6-9(12)11(14)15/h11-13H,1-10H2;1-5,9H,6-7H2,(H,14,15)/t;9-,17-/m.0/s1. The van der Waals surface area contributed by atoms with E-state index in [4.69, 9.17) is 0 Å². The smallest absolute Gasteiger partial charge is 0.255 e. The van der Waals surface area contributed by atoms with Gasteiger partial charge in [-0.1, -0.05) is 31.0 Å². The van der Waals surface area contributed by atoms with E-state index in [2.05, 4.69) is 5.32 Å². The molecular formula is C23H34N2O4S. The van der Waals surface area contributed by atoms with Crippen molar-refractivity contribution in [3.63, 3.8) is 0 Å². The molecule has 0 unspecified atom stereocenters. The van der Waals surface area contributed by atoms with Gasteiger partial charge in [0.25, 0.3) is 5.91 Å². The van der Waals surface area contributed by atoms with Gasteiger partial charge in [-0.25, -0.2) is 0 Å². The fourth-order valence-corrected chi connectivity index (χ4v) is 6.13. The average molecular weight is 435 g/mol. The van der Waals surface area contributed by atoms with Crippen LogP contribution in [-0.2, 0) is 15.6 Å². The zero-order chi connectivity index (χ0) is 21.3. The van der Waals surface area contributed by atoms with E-state index in [1.165, 1.54) is 64.2 Å². The molecule has 0 aromatic heterocycles. The molecule has 30 heavy (non-hydrogen) atoms. The van der Waals surface area contributed by atoms with Gasteiger partial charge in [0.2, 0.25) is 0 Å². The van der Waals surface area contributed by atoms with Gasteiger partial charge in [0.15, 0.2) is 0 Å². The highest BCUT2D eigenvalue weighted by Crippen LogP contribution is 2.18. The Morgan fingerprint density at radius 1 is 0.900 bits per heavy atom. The monoisotopic (exact) mass is 434 g/mol. The van der Waals surface area contributed by atoms with E-state index >= 15 is 0 Å². The molecule has 7 heteroatoms. The van der Waals surface area contributed by atoms with Crippen LogP contribution in [0.3, 0.4) is 0 Å². The highest BCUT2D eigenvalue weighted by Gasteiger charge is 2.34. The first kappa shape index (κ1) is 22.9. The quantitative estimate of drug-likeness (QED) is 0.770. The first-order chi connectivity index (χ1) is 14.5. The number of aliphatic carboxylic acids is 1. The predicted molar refractivity (Wildman–Crippen MR) is 115 cm³/mol. The number of carboxylic acids is 1. The van der Waals surface area contributed by atoms with Crippen molar-refractivity contribution in [1.29, 1.82) is 0 Å². The minimum absolute atomic E-state index is 0.0492. The zero-order valence-corrected chi connectivity index (χ0v) is 18.5.